The average molecular weight is 417 g/mol. The number of hydrogen-bond acceptors (Lipinski definition) is 2. The van der Waals surface area contributed by atoms with E-state index >= 15 is 0 Å². The van der Waals surface area contributed by atoms with Crippen molar-refractivity contribution in [2.24, 2.45) is 0 Å². The highest BCUT2D eigenvalue weighted by atomic mass is 16.5. The Balaban J connectivity index is 0.000000158. The highest BCUT2D eigenvalue weighted by Crippen LogP contribution is 2.31. The van der Waals surface area contributed by atoms with E-state index < -0.39 is 0 Å². The van der Waals surface area contributed by atoms with Crippen LogP contribution in [0.15, 0.2) is 140 Å². The maximum Gasteiger partial charge on any atom is 0.169 e. The summed E-state index contributed by atoms with van der Waals surface area (Å²) in [6.07, 6.45) is 0. The molecule has 0 aromatic heterocycles. The third-order valence-electron chi connectivity index (χ3n) is 4.93. The molecule has 32 heavy (non-hydrogen) atoms. The van der Waals surface area contributed by atoms with Gasteiger partial charge in [0.1, 0.15) is 5.75 Å². The van der Waals surface area contributed by atoms with E-state index in [1.807, 2.05) is 36.4 Å². The smallest absolute Gasteiger partial charge is 0.169 e. The highest BCUT2D eigenvalue weighted by Gasteiger charge is 2.05. The van der Waals surface area contributed by atoms with Gasteiger partial charge in [-0.25, -0.2) is 0 Å². The first-order valence-electron chi connectivity index (χ1n) is 10.5. The molecule has 0 atom stereocenters. The number of hydrogen-bond donors (Lipinski definition) is 1. The summed E-state index contributed by atoms with van der Waals surface area (Å²) in [4.78, 5) is 0. The summed E-state index contributed by atoms with van der Waals surface area (Å²) in [6.45, 7) is 0. The molecule has 0 aliphatic rings. The van der Waals surface area contributed by atoms with Crippen LogP contribution in [0.4, 0.5) is 0 Å². The molecule has 0 fully saturated rings. The summed E-state index contributed by atoms with van der Waals surface area (Å²) in [5.41, 5.74) is 5.09. The standard InChI is InChI=1S/C18H14.C12H10O2/c1-3-9-15(10-4-1)17-13-7-8-14-18(17)16-11-5-2-6-12-16;13-11-8-4-5-9-12(11)14-10-6-2-1-3-7-10/h1-14H;1-9,13H. The van der Waals surface area contributed by atoms with Gasteiger partial charge in [0, 0.05) is 0 Å². The Bertz CT molecular complexity index is 1180. The Morgan fingerprint density at radius 2 is 0.812 bits per heavy atom. The van der Waals surface area contributed by atoms with Gasteiger partial charge in [-0.1, -0.05) is 115 Å². The van der Waals surface area contributed by atoms with Crippen molar-refractivity contribution >= 4 is 0 Å². The molecule has 0 amide bonds. The van der Waals surface area contributed by atoms with Gasteiger partial charge in [-0.15, -0.1) is 0 Å². The number of ether oxygens (including phenoxy) is 1. The second-order valence-corrected chi connectivity index (χ2v) is 7.16. The number of para-hydroxylation sites is 3. The Labute approximate surface area is 189 Å². The fourth-order valence-electron chi connectivity index (χ4n) is 3.38. The monoisotopic (exact) mass is 416 g/mol. The molecule has 5 rings (SSSR count). The van der Waals surface area contributed by atoms with Crippen LogP contribution >= 0.6 is 0 Å². The molecule has 0 aliphatic heterocycles. The Morgan fingerprint density at radius 1 is 0.406 bits per heavy atom. The molecular formula is C30H24O2. The van der Waals surface area contributed by atoms with Crippen LogP contribution in [0.3, 0.4) is 0 Å². The molecule has 0 saturated carbocycles. The van der Waals surface area contributed by atoms with Crippen molar-refractivity contribution in [3.63, 3.8) is 0 Å². The lowest BCUT2D eigenvalue weighted by Crippen LogP contribution is -1.83. The lowest BCUT2D eigenvalue weighted by molar-refractivity contribution is 0.411. The molecule has 0 heterocycles. The number of rotatable bonds is 4. The maximum absolute atomic E-state index is 9.45. The fourth-order valence-corrected chi connectivity index (χ4v) is 3.38. The summed E-state index contributed by atoms with van der Waals surface area (Å²) in [6, 6.07) is 45.8. The molecule has 156 valence electrons. The summed E-state index contributed by atoms with van der Waals surface area (Å²) in [5, 5.41) is 9.45. The molecule has 2 nitrogen and oxygen atoms in total. The first kappa shape index (κ1) is 21.0. The van der Waals surface area contributed by atoms with E-state index in [0.29, 0.717) is 11.5 Å². The number of phenols is 1. The first-order valence-corrected chi connectivity index (χ1v) is 10.5. The van der Waals surface area contributed by atoms with E-state index in [0.717, 1.165) is 0 Å². The van der Waals surface area contributed by atoms with E-state index in [9.17, 15) is 5.11 Å². The van der Waals surface area contributed by atoms with Crippen LogP contribution in [0.1, 0.15) is 0 Å². The lowest BCUT2D eigenvalue weighted by atomic mass is 9.95. The summed E-state index contributed by atoms with van der Waals surface area (Å²) >= 11 is 0. The molecule has 0 bridgehead atoms. The predicted octanol–water partition coefficient (Wildman–Crippen LogP) is 8.21. The van der Waals surface area contributed by atoms with Gasteiger partial charge in [0.15, 0.2) is 11.5 Å². The van der Waals surface area contributed by atoms with Crippen molar-refractivity contribution in [2.75, 3.05) is 0 Å². The predicted molar refractivity (Wildman–Crippen MR) is 132 cm³/mol. The van der Waals surface area contributed by atoms with E-state index in [1.165, 1.54) is 22.3 Å². The Kier molecular flexibility index (Phi) is 6.97. The van der Waals surface area contributed by atoms with Gasteiger partial charge in [-0.2, -0.15) is 0 Å². The SMILES string of the molecule is Oc1ccccc1Oc1ccccc1.c1ccc(-c2ccccc2-c2ccccc2)cc1. The zero-order chi connectivity index (χ0) is 22.0. The largest absolute Gasteiger partial charge is 0.504 e. The van der Waals surface area contributed by atoms with Gasteiger partial charge >= 0.3 is 0 Å². The normalized spacial score (nSPS) is 10.0. The molecule has 0 aliphatic carbocycles. The summed E-state index contributed by atoms with van der Waals surface area (Å²) < 4.78 is 5.46. The van der Waals surface area contributed by atoms with E-state index in [1.54, 1.807) is 18.2 Å². The van der Waals surface area contributed by atoms with Gasteiger partial charge in [-0.05, 0) is 46.5 Å². The lowest BCUT2D eigenvalue weighted by Gasteiger charge is -2.09. The van der Waals surface area contributed by atoms with Crippen LogP contribution in [0.25, 0.3) is 22.3 Å². The van der Waals surface area contributed by atoms with Crippen molar-refractivity contribution < 1.29 is 9.84 Å². The van der Waals surface area contributed by atoms with Crippen LogP contribution < -0.4 is 4.74 Å². The maximum atomic E-state index is 9.45. The van der Waals surface area contributed by atoms with Crippen molar-refractivity contribution in [3.8, 4) is 39.5 Å². The first-order chi connectivity index (χ1) is 15.8. The average Bonchev–Trinajstić information content (AvgIpc) is 2.88. The van der Waals surface area contributed by atoms with Gasteiger partial charge in [0.05, 0.1) is 0 Å². The van der Waals surface area contributed by atoms with E-state index in [2.05, 4.69) is 84.9 Å². The highest BCUT2D eigenvalue weighted by molar-refractivity contribution is 5.83. The van der Waals surface area contributed by atoms with Gasteiger partial charge in [-0.3, -0.25) is 0 Å². The second-order valence-electron chi connectivity index (χ2n) is 7.16. The van der Waals surface area contributed by atoms with Crippen molar-refractivity contribution in [1.29, 1.82) is 0 Å². The minimum absolute atomic E-state index is 0.149. The van der Waals surface area contributed by atoms with E-state index in [-0.39, 0.29) is 5.75 Å². The topological polar surface area (TPSA) is 29.5 Å². The Morgan fingerprint density at radius 3 is 1.31 bits per heavy atom. The molecule has 0 unspecified atom stereocenters. The van der Waals surface area contributed by atoms with Crippen molar-refractivity contribution in [2.45, 2.75) is 0 Å². The van der Waals surface area contributed by atoms with Gasteiger partial charge in [0.2, 0.25) is 0 Å². The number of aromatic hydroxyl groups is 1. The summed E-state index contributed by atoms with van der Waals surface area (Å²) in [5.74, 6) is 1.34. The Hall–Kier alpha value is -4.30. The summed E-state index contributed by atoms with van der Waals surface area (Å²) in [7, 11) is 0. The molecule has 0 spiro atoms. The third-order valence-corrected chi connectivity index (χ3v) is 4.93. The zero-order valence-corrected chi connectivity index (χ0v) is 17.6. The van der Waals surface area contributed by atoms with Gasteiger partial charge in [0.25, 0.3) is 0 Å². The quantitative estimate of drug-likeness (QED) is 0.320. The minimum Gasteiger partial charge on any atom is -0.504 e. The molecule has 5 aromatic rings. The van der Waals surface area contributed by atoms with Crippen LogP contribution in [0, 0.1) is 0 Å². The minimum atomic E-state index is 0.149. The molecule has 0 radical (unpaired) electrons. The van der Waals surface area contributed by atoms with Crippen LogP contribution in [-0.2, 0) is 0 Å². The second kappa shape index (κ2) is 10.6. The molecule has 1 N–H and O–H groups in total. The van der Waals surface area contributed by atoms with Crippen LogP contribution in [0.5, 0.6) is 17.2 Å². The van der Waals surface area contributed by atoms with E-state index in [4.69, 9.17) is 4.74 Å². The number of benzene rings is 5. The molecule has 0 saturated heterocycles. The molecule has 2 heteroatoms. The zero-order valence-electron chi connectivity index (χ0n) is 17.6. The molecule has 5 aromatic carbocycles. The fraction of sp³-hybridized carbons (Fsp3) is 0. The molecular weight excluding hydrogens is 392 g/mol. The third kappa shape index (κ3) is 5.44. The number of phenolic OH excluding ortho intramolecular Hbond substituents is 1. The van der Waals surface area contributed by atoms with Crippen molar-refractivity contribution in [1.82, 2.24) is 0 Å². The van der Waals surface area contributed by atoms with Crippen LogP contribution in [-0.4, -0.2) is 5.11 Å². The van der Waals surface area contributed by atoms with Crippen LogP contribution in [0.2, 0.25) is 0 Å². The van der Waals surface area contributed by atoms with Crippen molar-refractivity contribution in [3.05, 3.63) is 140 Å². The van der Waals surface area contributed by atoms with Gasteiger partial charge < -0.3 is 9.84 Å².